The number of ether oxygens (including phenoxy) is 2. The van der Waals surface area contributed by atoms with E-state index in [9.17, 15) is 9.59 Å². The Morgan fingerprint density at radius 1 is 0.680 bits per heavy atom. The van der Waals surface area contributed by atoms with Crippen molar-refractivity contribution in [2.24, 2.45) is 5.92 Å². The Hall–Kier alpha value is -1.06. The highest BCUT2D eigenvalue weighted by atomic mass is 16.6. The van der Waals surface area contributed by atoms with E-state index in [1.807, 2.05) is 13.8 Å². The summed E-state index contributed by atoms with van der Waals surface area (Å²) in [6, 6.07) is 0. The van der Waals surface area contributed by atoms with Crippen molar-refractivity contribution >= 4 is 11.9 Å². The molecule has 0 aromatic rings. The largest absolute Gasteiger partial charge is 0.462 e. The molecule has 25 heavy (non-hydrogen) atoms. The average molecular weight is 357 g/mol. The second kappa shape index (κ2) is 17.8. The quantitative estimate of drug-likeness (QED) is 0.243. The van der Waals surface area contributed by atoms with Crippen LogP contribution >= 0.6 is 0 Å². The fourth-order valence-corrected chi connectivity index (χ4v) is 2.71. The number of hydrogen-bond donors (Lipinski definition) is 0. The predicted octanol–water partition coefficient (Wildman–Crippen LogP) is 5.82. The molecule has 0 fully saturated rings. The number of carbonyl (C=O) groups excluding carboxylic acids is 2. The van der Waals surface area contributed by atoms with Crippen LogP contribution < -0.4 is 0 Å². The van der Waals surface area contributed by atoms with Crippen LogP contribution in [0.1, 0.15) is 104 Å². The van der Waals surface area contributed by atoms with Crippen LogP contribution in [0.4, 0.5) is 0 Å². The number of esters is 2. The van der Waals surface area contributed by atoms with Crippen LogP contribution in [0.5, 0.6) is 0 Å². The van der Waals surface area contributed by atoms with Gasteiger partial charge in [0.1, 0.15) is 13.2 Å². The first-order valence-electron chi connectivity index (χ1n) is 10.4. The van der Waals surface area contributed by atoms with Crippen LogP contribution in [0.25, 0.3) is 0 Å². The third-order valence-corrected chi connectivity index (χ3v) is 4.17. The van der Waals surface area contributed by atoms with Crippen LogP contribution in [-0.4, -0.2) is 25.2 Å². The van der Waals surface area contributed by atoms with Crippen LogP contribution in [0, 0.1) is 5.92 Å². The Kier molecular flexibility index (Phi) is 17.0. The number of unbranched alkanes of at least 4 members (excludes halogenated alkanes) is 10. The lowest BCUT2D eigenvalue weighted by molar-refractivity contribution is -0.152. The summed E-state index contributed by atoms with van der Waals surface area (Å²) >= 11 is 0. The van der Waals surface area contributed by atoms with E-state index in [2.05, 4.69) is 6.92 Å². The molecule has 0 saturated carbocycles. The van der Waals surface area contributed by atoms with Gasteiger partial charge in [-0.1, -0.05) is 85.0 Å². The molecular weight excluding hydrogens is 316 g/mol. The molecule has 4 heteroatoms. The molecular formula is C21H40O4. The van der Waals surface area contributed by atoms with Crippen LogP contribution in [0.2, 0.25) is 0 Å². The van der Waals surface area contributed by atoms with Gasteiger partial charge in [0.25, 0.3) is 0 Å². The first-order chi connectivity index (χ1) is 12.1. The number of carbonyl (C=O) groups is 2. The maximum Gasteiger partial charge on any atom is 0.306 e. The van der Waals surface area contributed by atoms with E-state index in [4.69, 9.17) is 9.47 Å². The Labute approximate surface area is 155 Å². The van der Waals surface area contributed by atoms with Crippen molar-refractivity contribution in [3.8, 4) is 0 Å². The molecule has 4 nitrogen and oxygen atoms in total. The molecule has 148 valence electrons. The van der Waals surface area contributed by atoms with Crippen molar-refractivity contribution < 1.29 is 19.1 Å². The van der Waals surface area contributed by atoms with Gasteiger partial charge in [-0.15, -0.1) is 0 Å². The van der Waals surface area contributed by atoms with Gasteiger partial charge in [0.2, 0.25) is 0 Å². The Morgan fingerprint density at radius 3 is 1.60 bits per heavy atom. The van der Waals surface area contributed by atoms with E-state index >= 15 is 0 Å². The molecule has 0 rings (SSSR count). The second-order valence-electron chi connectivity index (χ2n) is 7.32. The summed E-state index contributed by atoms with van der Waals surface area (Å²) in [4.78, 5) is 22.9. The summed E-state index contributed by atoms with van der Waals surface area (Å²) < 4.78 is 10.1. The molecule has 0 aliphatic heterocycles. The summed E-state index contributed by atoms with van der Waals surface area (Å²) in [5.41, 5.74) is 0. The molecule has 0 amide bonds. The van der Waals surface area contributed by atoms with Gasteiger partial charge in [-0.3, -0.25) is 9.59 Å². The highest BCUT2D eigenvalue weighted by molar-refractivity contribution is 5.70. The third kappa shape index (κ3) is 19.1. The summed E-state index contributed by atoms with van der Waals surface area (Å²) in [7, 11) is 0. The topological polar surface area (TPSA) is 52.6 Å². The summed E-state index contributed by atoms with van der Waals surface area (Å²) in [6.07, 6.45) is 14.8. The standard InChI is InChI=1S/C21H40O4/c1-4-5-6-7-8-9-10-11-12-13-14-15-20(22)24-16-17-25-21(23)18-19(2)3/h19H,4-18H2,1-3H3. The van der Waals surface area contributed by atoms with Crippen molar-refractivity contribution in [3.05, 3.63) is 0 Å². The summed E-state index contributed by atoms with van der Waals surface area (Å²) in [5, 5.41) is 0. The van der Waals surface area contributed by atoms with E-state index in [-0.39, 0.29) is 31.1 Å². The second-order valence-corrected chi connectivity index (χ2v) is 7.32. The molecule has 0 aromatic heterocycles. The van der Waals surface area contributed by atoms with Crippen LogP contribution in [-0.2, 0) is 19.1 Å². The minimum atomic E-state index is -0.226. The summed E-state index contributed by atoms with van der Waals surface area (Å²) in [6.45, 7) is 6.51. The molecule has 0 bridgehead atoms. The molecule has 0 aromatic carbocycles. The minimum Gasteiger partial charge on any atom is -0.462 e. The molecule has 0 heterocycles. The molecule has 0 aliphatic carbocycles. The third-order valence-electron chi connectivity index (χ3n) is 4.17. The lowest BCUT2D eigenvalue weighted by atomic mass is 10.1. The van der Waals surface area contributed by atoms with Crippen molar-refractivity contribution in [1.29, 1.82) is 0 Å². The van der Waals surface area contributed by atoms with Gasteiger partial charge in [0, 0.05) is 12.8 Å². The van der Waals surface area contributed by atoms with Gasteiger partial charge in [-0.05, 0) is 12.3 Å². The zero-order valence-electron chi connectivity index (χ0n) is 16.8. The maximum atomic E-state index is 11.6. The number of rotatable bonds is 17. The molecule has 0 N–H and O–H groups in total. The van der Waals surface area contributed by atoms with E-state index < -0.39 is 0 Å². The highest BCUT2D eigenvalue weighted by Gasteiger charge is 2.07. The Morgan fingerprint density at radius 2 is 1.12 bits per heavy atom. The zero-order chi connectivity index (χ0) is 18.8. The van der Waals surface area contributed by atoms with Gasteiger partial charge in [0.15, 0.2) is 0 Å². The first-order valence-corrected chi connectivity index (χ1v) is 10.4. The number of hydrogen-bond acceptors (Lipinski definition) is 4. The predicted molar refractivity (Wildman–Crippen MR) is 102 cm³/mol. The van der Waals surface area contributed by atoms with E-state index in [0.717, 1.165) is 12.8 Å². The average Bonchev–Trinajstić information content (AvgIpc) is 2.56. The first kappa shape index (κ1) is 23.9. The SMILES string of the molecule is CCCCCCCCCCCCCC(=O)OCCOC(=O)CC(C)C. The Balaban J connectivity index is 3.27. The fourth-order valence-electron chi connectivity index (χ4n) is 2.71. The molecule has 0 spiro atoms. The zero-order valence-corrected chi connectivity index (χ0v) is 16.8. The van der Waals surface area contributed by atoms with Crippen molar-refractivity contribution in [2.45, 2.75) is 104 Å². The normalized spacial score (nSPS) is 10.9. The molecule has 0 saturated heterocycles. The maximum absolute atomic E-state index is 11.6. The fraction of sp³-hybridized carbons (Fsp3) is 0.905. The lowest BCUT2D eigenvalue weighted by Gasteiger charge is -2.07. The molecule has 0 aliphatic rings. The molecule has 0 unspecified atom stereocenters. The monoisotopic (exact) mass is 356 g/mol. The van der Waals surface area contributed by atoms with Crippen molar-refractivity contribution in [2.75, 3.05) is 13.2 Å². The van der Waals surface area contributed by atoms with E-state index in [0.29, 0.717) is 12.8 Å². The van der Waals surface area contributed by atoms with Gasteiger partial charge < -0.3 is 9.47 Å². The lowest BCUT2D eigenvalue weighted by Crippen LogP contribution is -2.14. The highest BCUT2D eigenvalue weighted by Crippen LogP contribution is 2.12. The van der Waals surface area contributed by atoms with Crippen LogP contribution in [0.3, 0.4) is 0 Å². The minimum absolute atomic E-state index is 0.162. The smallest absolute Gasteiger partial charge is 0.306 e. The summed E-state index contributed by atoms with van der Waals surface area (Å²) in [5.74, 6) is -0.122. The van der Waals surface area contributed by atoms with Gasteiger partial charge in [-0.25, -0.2) is 0 Å². The Bertz CT molecular complexity index is 326. The van der Waals surface area contributed by atoms with Gasteiger partial charge >= 0.3 is 11.9 Å². The van der Waals surface area contributed by atoms with Crippen molar-refractivity contribution in [3.63, 3.8) is 0 Å². The molecule has 0 radical (unpaired) electrons. The van der Waals surface area contributed by atoms with Crippen molar-refractivity contribution in [1.82, 2.24) is 0 Å². The van der Waals surface area contributed by atoms with E-state index in [1.165, 1.54) is 57.8 Å². The van der Waals surface area contributed by atoms with Gasteiger partial charge in [0.05, 0.1) is 0 Å². The van der Waals surface area contributed by atoms with Crippen LogP contribution in [0.15, 0.2) is 0 Å². The van der Waals surface area contributed by atoms with E-state index in [1.54, 1.807) is 0 Å². The van der Waals surface area contributed by atoms with Gasteiger partial charge in [-0.2, -0.15) is 0 Å². The molecule has 0 atom stereocenters.